The fourth-order valence-corrected chi connectivity index (χ4v) is 1.85. The van der Waals surface area contributed by atoms with Crippen molar-refractivity contribution in [1.82, 2.24) is 5.32 Å². The van der Waals surface area contributed by atoms with E-state index in [1.807, 2.05) is 31.2 Å². The molecule has 120 valence electrons. The van der Waals surface area contributed by atoms with Gasteiger partial charge in [-0.05, 0) is 24.6 Å². The fourth-order valence-electron chi connectivity index (χ4n) is 1.72. The molecule has 0 saturated heterocycles. The van der Waals surface area contributed by atoms with Gasteiger partial charge in [-0.15, -0.1) is 0 Å². The van der Waals surface area contributed by atoms with Gasteiger partial charge >= 0.3 is 0 Å². The molecule has 0 aliphatic carbocycles. The molecule has 0 aliphatic heterocycles. The van der Waals surface area contributed by atoms with E-state index in [0.29, 0.717) is 31.3 Å². The molecule has 21 heavy (non-hydrogen) atoms. The maximum atomic E-state index is 9.80. The third-order valence-corrected chi connectivity index (χ3v) is 3.17. The Labute approximate surface area is 130 Å². The highest BCUT2D eigenvalue weighted by Gasteiger charge is 2.09. The molecule has 6 heteroatoms. The van der Waals surface area contributed by atoms with Crippen molar-refractivity contribution in [2.75, 3.05) is 39.5 Å². The van der Waals surface area contributed by atoms with Crippen LogP contribution in [0.3, 0.4) is 0 Å². The molecule has 0 radical (unpaired) electrons. The van der Waals surface area contributed by atoms with E-state index < -0.39 is 6.10 Å². The predicted molar refractivity (Wildman–Crippen MR) is 82.6 cm³/mol. The molecule has 0 aliphatic rings. The quantitative estimate of drug-likeness (QED) is 0.538. The van der Waals surface area contributed by atoms with Gasteiger partial charge in [-0.1, -0.05) is 23.7 Å². The zero-order valence-electron chi connectivity index (χ0n) is 12.3. The molecular weight excluding hydrogens is 294 g/mol. The molecule has 0 spiro atoms. The SMILES string of the molecule is C[C@H](OC[C@@H](O)CNCCOCCO)c1ccc(Cl)cc1. The minimum absolute atomic E-state index is 0.0268. The molecule has 0 amide bonds. The lowest BCUT2D eigenvalue weighted by Crippen LogP contribution is -2.32. The van der Waals surface area contributed by atoms with Gasteiger partial charge in [-0.25, -0.2) is 0 Å². The average Bonchev–Trinajstić information content (AvgIpc) is 2.49. The van der Waals surface area contributed by atoms with Crippen molar-refractivity contribution >= 4 is 11.6 Å². The Morgan fingerprint density at radius 1 is 1.24 bits per heavy atom. The number of aliphatic hydroxyl groups excluding tert-OH is 2. The number of aliphatic hydroxyl groups is 2. The zero-order valence-corrected chi connectivity index (χ0v) is 13.1. The maximum absolute atomic E-state index is 9.80. The van der Waals surface area contributed by atoms with Crippen molar-refractivity contribution < 1.29 is 19.7 Å². The van der Waals surface area contributed by atoms with Crippen LogP contribution < -0.4 is 5.32 Å². The number of hydrogen-bond donors (Lipinski definition) is 3. The van der Waals surface area contributed by atoms with Crippen LogP contribution in [0.2, 0.25) is 5.02 Å². The van der Waals surface area contributed by atoms with Crippen molar-refractivity contribution in [1.29, 1.82) is 0 Å². The van der Waals surface area contributed by atoms with Crippen LogP contribution in [0.1, 0.15) is 18.6 Å². The molecule has 5 nitrogen and oxygen atoms in total. The largest absolute Gasteiger partial charge is 0.394 e. The predicted octanol–water partition coefficient (Wildman–Crippen LogP) is 1.38. The van der Waals surface area contributed by atoms with E-state index in [1.165, 1.54) is 0 Å². The van der Waals surface area contributed by atoms with Crippen molar-refractivity contribution in [2.24, 2.45) is 0 Å². The van der Waals surface area contributed by atoms with Crippen LogP contribution >= 0.6 is 11.6 Å². The Bertz CT molecular complexity index is 374. The van der Waals surface area contributed by atoms with Gasteiger partial charge in [0.2, 0.25) is 0 Å². The molecule has 0 unspecified atom stereocenters. The molecule has 2 atom stereocenters. The first-order valence-corrected chi connectivity index (χ1v) is 7.45. The molecule has 0 heterocycles. The highest BCUT2D eigenvalue weighted by Crippen LogP contribution is 2.19. The second-order valence-corrected chi connectivity index (χ2v) is 5.16. The normalized spacial score (nSPS) is 14.1. The number of ether oxygens (including phenoxy) is 2. The average molecular weight is 318 g/mol. The van der Waals surface area contributed by atoms with E-state index in [4.69, 9.17) is 26.2 Å². The molecular formula is C15H24ClNO4. The van der Waals surface area contributed by atoms with Crippen LogP contribution in [0.4, 0.5) is 0 Å². The number of nitrogens with one attached hydrogen (secondary N) is 1. The summed E-state index contributed by atoms with van der Waals surface area (Å²) in [4.78, 5) is 0. The lowest BCUT2D eigenvalue weighted by Gasteiger charge is -2.17. The smallest absolute Gasteiger partial charge is 0.0897 e. The van der Waals surface area contributed by atoms with E-state index in [9.17, 15) is 5.11 Å². The van der Waals surface area contributed by atoms with Crippen molar-refractivity contribution in [3.63, 3.8) is 0 Å². The van der Waals surface area contributed by atoms with Crippen LogP contribution in [0, 0.1) is 0 Å². The van der Waals surface area contributed by atoms with Crippen LogP contribution in [-0.4, -0.2) is 55.8 Å². The van der Waals surface area contributed by atoms with E-state index in [0.717, 1.165) is 5.56 Å². The maximum Gasteiger partial charge on any atom is 0.0897 e. The van der Waals surface area contributed by atoms with Gasteiger partial charge in [-0.2, -0.15) is 0 Å². The minimum atomic E-state index is -0.572. The van der Waals surface area contributed by atoms with Gasteiger partial charge in [-0.3, -0.25) is 0 Å². The van der Waals surface area contributed by atoms with Crippen molar-refractivity contribution in [3.8, 4) is 0 Å². The van der Waals surface area contributed by atoms with Crippen molar-refractivity contribution in [3.05, 3.63) is 34.9 Å². The Balaban J connectivity index is 2.11. The monoisotopic (exact) mass is 317 g/mol. The third-order valence-electron chi connectivity index (χ3n) is 2.92. The summed E-state index contributed by atoms with van der Waals surface area (Å²) >= 11 is 5.83. The number of halogens is 1. The molecule has 0 aromatic heterocycles. The number of benzene rings is 1. The van der Waals surface area contributed by atoms with Crippen LogP contribution in [-0.2, 0) is 9.47 Å². The molecule has 3 N–H and O–H groups in total. The van der Waals surface area contributed by atoms with Crippen LogP contribution in [0.5, 0.6) is 0 Å². The number of rotatable bonds is 11. The molecule has 1 aromatic rings. The van der Waals surface area contributed by atoms with Gasteiger partial charge in [0, 0.05) is 18.1 Å². The molecule has 1 aromatic carbocycles. The lowest BCUT2D eigenvalue weighted by molar-refractivity contribution is -0.00273. The Hall–Kier alpha value is -0.690. The Morgan fingerprint density at radius 3 is 2.62 bits per heavy atom. The summed E-state index contributed by atoms with van der Waals surface area (Å²) in [5.74, 6) is 0. The number of hydrogen-bond acceptors (Lipinski definition) is 5. The fraction of sp³-hybridized carbons (Fsp3) is 0.600. The van der Waals surface area contributed by atoms with Gasteiger partial charge in [0.25, 0.3) is 0 Å². The second-order valence-electron chi connectivity index (χ2n) is 4.72. The Morgan fingerprint density at radius 2 is 1.95 bits per heavy atom. The van der Waals surface area contributed by atoms with Gasteiger partial charge in [0.05, 0.1) is 38.6 Å². The summed E-state index contributed by atoms with van der Waals surface area (Å²) < 4.78 is 10.7. The minimum Gasteiger partial charge on any atom is -0.394 e. The summed E-state index contributed by atoms with van der Waals surface area (Å²) in [7, 11) is 0. The highest BCUT2D eigenvalue weighted by atomic mass is 35.5. The summed E-state index contributed by atoms with van der Waals surface area (Å²) in [5.41, 5.74) is 1.02. The second kappa shape index (κ2) is 11.0. The third kappa shape index (κ3) is 8.36. The van der Waals surface area contributed by atoms with E-state index >= 15 is 0 Å². The van der Waals surface area contributed by atoms with Crippen molar-refractivity contribution in [2.45, 2.75) is 19.1 Å². The first-order valence-electron chi connectivity index (χ1n) is 7.08. The first kappa shape index (κ1) is 18.4. The summed E-state index contributed by atoms with van der Waals surface area (Å²) in [6.07, 6.45) is -0.664. The summed E-state index contributed by atoms with van der Waals surface area (Å²) in [6, 6.07) is 7.47. The van der Waals surface area contributed by atoms with E-state index in [-0.39, 0.29) is 19.3 Å². The topological polar surface area (TPSA) is 71.0 Å². The van der Waals surface area contributed by atoms with Gasteiger partial charge in [0.1, 0.15) is 0 Å². The zero-order chi connectivity index (χ0) is 15.5. The molecule has 0 bridgehead atoms. The van der Waals surface area contributed by atoms with E-state index in [2.05, 4.69) is 5.32 Å². The summed E-state index contributed by atoms with van der Waals surface area (Å²) in [5, 5.41) is 22.1. The standard InChI is InChI=1S/C15H24ClNO4/c1-12(13-2-4-14(16)5-3-13)21-11-15(19)10-17-6-8-20-9-7-18/h2-5,12,15,17-19H,6-11H2,1H3/t12-,15-/m0/s1. The molecule has 1 rings (SSSR count). The molecule has 0 saturated carbocycles. The summed E-state index contributed by atoms with van der Waals surface area (Å²) in [6.45, 7) is 4.14. The molecule has 0 fully saturated rings. The van der Waals surface area contributed by atoms with Gasteiger partial charge < -0.3 is 25.0 Å². The van der Waals surface area contributed by atoms with E-state index in [1.54, 1.807) is 0 Å². The Kier molecular flexibility index (Phi) is 9.58. The first-order chi connectivity index (χ1) is 10.1. The van der Waals surface area contributed by atoms with Gasteiger partial charge in [0.15, 0.2) is 0 Å². The van der Waals surface area contributed by atoms with Crippen LogP contribution in [0.25, 0.3) is 0 Å². The van der Waals surface area contributed by atoms with Crippen LogP contribution in [0.15, 0.2) is 24.3 Å². The lowest BCUT2D eigenvalue weighted by atomic mass is 10.1. The highest BCUT2D eigenvalue weighted by molar-refractivity contribution is 6.30.